The van der Waals surface area contributed by atoms with Crippen LogP contribution in [-0.2, 0) is 14.3 Å². The van der Waals surface area contributed by atoms with Gasteiger partial charge in [-0.05, 0) is 0 Å². The highest BCUT2D eigenvalue weighted by atomic mass is 35.5. The van der Waals surface area contributed by atoms with Crippen LogP contribution in [0.5, 0.6) is 0 Å². The Kier molecular flexibility index (Phi) is 4.29. The molecule has 2 atom stereocenters. The molecule has 0 aliphatic carbocycles. The van der Waals surface area contributed by atoms with Gasteiger partial charge < -0.3 is 4.74 Å². The Balaban J connectivity index is 3.86. The van der Waals surface area contributed by atoms with E-state index in [9.17, 15) is 18.4 Å². The van der Waals surface area contributed by atoms with Crippen LogP contribution in [0.25, 0.3) is 0 Å². The van der Waals surface area contributed by atoms with Crippen molar-refractivity contribution in [1.82, 2.24) is 0 Å². The summed E-state index contributed by atoms with van der Waals surface area (Å²) in [5, 5.41) is 0. The molecule has 11 heavy (non-hydrogen) atoms. The molecule has 0 rings (SSSR count). The molecule has 0 spiro atoms. The lowest BCUT2D eigenvalue weighted by Gasteiger charge is -2.00. The van der Waals surface area contributed by atoms with Crippen molar-refractivity contribution in [2.24, 2.45) is 0 Å². The molecule has 0 radical (unpaired) electrons. The maximum atomic E-state index is 11.7. The summed E-state index contributed by atoms with van der Waals surface area (Å²) in [5.74, 6) is -3.36. The van der Waals surface area contributed by atoms with Gasteiger partial charge in [0.25, 0.3) is 11.3 Å². The van der Waals surface area contributed by atoms with Crippen LogP contribution in [0, 0.1) is 0 Å². The Morgan fingerprint density at radius 3 is 1.55 bits per heavy atom. The lowest BCUT2D eigenvalue weighted by molar-refractivity contribution is -0.162. The normalized spacial score (nSPS) is 15.3. The van der Waals surface area contributed by atoms with E-state index in [-0.39, 0.29) is 0 Å². The van der Waals surface area contributed by atoms with Crippen molar-refractivity contribution in [3.63, 3.8) is 0 Å². The van der Waals surface area contributed by atoms with Gasteiger partial charge in [-0.1, -0.05) is 23.2 Å². The highest BCUT2D eigenvalue weighted by Crippen LogP contribution is 2.04. The van der Waals surface area contributed by atoms with Crippen molar-refractivity contribution in [2.75, 3.05) is 0 Å². The van der Waals surface area contributed by atoms with Crippen molar-refractivity contribution in [3.8, 4) is 0 Å². The van der Waals surface area contributed by atoms with Crippen LogP contribution >= 0.6 is 23.2 Å². The number of hydrogen-bond acceptors (Lipinski definition) is 3. The molecule has 3 nitrogen and oxygen atoms in total. The van der Waals surface area contributed by atoms with Gasteiger partial charge in [0.1, 0.15) is 0 Å². The highest BCUT2D eigenvalue weighted by molar-refractivity contribution is 6.31. The first kappa shape index (κ1) is 10.6. The van der Waals surface area contributed by atoms with Crippen molar-refractivity contribution < 1.29 is 23.1 Å². The third-order valence-corrected chi connectivity index (χ3v) is 0.914. The van der Waals surface area contributed by atoms with E-state index in [0.717, 1.165) is 0 Å². The van der Waals surface area contributed by atoms with E-state index in [1.165, 1.54) is 0 Å². The molecule has 0 aliphatic heterocycles. The Morgan fingerprint density at radius 2 is 1.36 bits per heavy atom. The molecule has 0 aromatic heterocycles. The monoisotopic (exact) mass is 206 g/mol. The summed E-state index contributed by atoms with van der Waals surface area (Å²) in [5.41, 5.74) is -4.98. The molecule has 0 saturated heterocycles. The largest absolute Gasteiger partial charge is 0.387 e. The quantitative estimate of drug-likeness (QED) is 0.387. The zero-order chi connectivity index (χ0) is 9.02. The average molecular weight is 207 g/mol. The second-order valence-corrected chi connectivity index (χ2v) is 2.11. The summed E-state index contributed by atoms with van der Waals surface area (Å²) in [7, 11) is 0. The Morgan fingerprint density at radius 1 is 1.09 bits per heavy atom. The molecular formula is C4H2Cl2F2O3. The van der Waals surface area contributed by atoms with Gasteiger partial charge in [-0.3, -0.25) is 0 Å². The van der Waals surface area contributed by atoms with Crippen molar-refractivity contribution in [1.29, 1.82) is 0 Å². The number of halogens is 4. The average Bonchev–Trinajstić information content (AvgIpc) is 1.87. The van der Waals surface area contributed by atoms with Gasteiger partial charge in [-0.15, -0.1) is 0 Å². The summed E-state index contributed by atoms with van der Waals surface area (Å²) in [4.78, 5) is 20.2. The lowest BCUT2D eigenvalue weighted by Crippen LogP contribution is -2.22. The second kappa shape index (κ2) is 4.46. The zero-order valence-electron chi connectivity index (χ0n) is 4.89. The molecule has 0 aliphatic rings. The minimum atomic E-state index is -2.49. The third kappa shape index (κ3) is 4.10. The maximum absolute atomic E-state index is 11.7. The van der Waals surface area contributed by atoms with Crippen LogP contribution in [0.15, 0.2) is 0 Å². The van der Waals surface area contributed by atoms with E-state index in [4.69, 9.17) is 0 Å². The number of hydrogen-bond donors (Lipinski definition) is 0. The van der Waals surface area contributed by atoms with E-state index in [2.05, 4.69) is 27.9 Å². The topological polar surface area (TPSA) is 43.4 Å². The predicted molar refractivity (Wildman–Crippen MR) is 32.6 cm³/mol. The lowest BCUT2D eigenvalue weighted by atomic mass is 10.7. The van der Waals surface area contributed by atoms with Gasteiger partial charge in [0.2, 0.25) is 0 Å². The van der Waals surface area contributed by atoms with E-state index in [1.807, 2.05) is 0 Å². The molecule has 7 heteroatoms. The molecule has 0 aromatic carbocycles. The molecule has 0 heterocycles. The third-order valence-electron chi connectivity index (χ3n) is 0.558. The van der Waals surface area contributed by atoms with E-state index < -0.39 is 23.2 Å². The van der Waals surface area contributed by atoms with Gasteiger partial charge in [-0.2, -0.15) is 0 Å². The fourth-order valence-electron chi connectivity index (χ4n) is 0.188. The summed E-state index contributed by atoms with van der Waals surface area (Å²) in [6.45, 7) is 0. The van der Waals surface area contributed by atoms with E-state index >= 15 is 0 Å². The summed E-state index contributed by atoms with van der Waals surface area (Å²) < 4.78 is 26.9. The molecule has 0 fully saturated rings. The van der Waals surface area contributed by atoms with E-state index in [1.54, 1.807) is 0 Å². The highest BCUT2D eigenvalue weighted by Gasteiger charge is 2.23. The van der Waals surface area contributed by atoms with Crippen LogP contribution in [0.4, 0.5) is 8.78 Å². The number of carbonyl (C=O) groups is 2. The summed E-state index contributed by atoms with van der Waals surface area (Å²) in [6.07, 6.45) is 0. The number of esters is 2. The van der Waals surface area contributed by atoms with Crippen LogP contribution in [0.1, 0.15) is 0 Å². The number of ether oxygens (including phenoxy) is 1. The zero-order valence-corrected chi connectivity index (χ0v) is 6.40. The van der Waals surface area contributed by atoms with E-state index in [0.29, 0.717) is 0 Å². The molecule has 64 valence electrons. The molecule has 2 unspecified atom stereocenters. The second-order valence-electron chi connectivity index (χ2n) is 1.34. The van der Waals surface area contributed by atoms with Crippen molar-refractivity contribution in [2.45, 2.75) is 11.3 Å². The fourth-order valence-corrected chi connectivity index (χ4v) is 0.277. The summed E-state index contributed by atoms with van der Waals surface area (Å²) in [6, 6.07) is 0. The van der Waals surface area contributed by atoms with Crippen LogP contribution in [0.2, 0.25) is 0 Å². The molecule has 0 N–H and O–H groups in total. The molecule has 0 amide bonds. The Labute approximate surface area is 70.2 Å². The number of alkyl halides is 4. The smallest absolute Gasteiger partial charge is 0.364 e. The maximum Gasteiger partial charge on any atom is 0.364 e. The first-order valence-electron chi connectivity index (χ1n) is 2.27. The first-order chi connectivity index (χ1) is 4.95. The molecule has 0 saturated carbocycles. The van der Waals surface area contributed by atoms with Crippen LogP contribution in [0.3, 0.4) is 0 Å². The first-order valence-corrected chi connectivity index (χ1v) is 3.14. The molecule has 0 bridgehead atoms. The standard InChI is InChI=1S/C4H2Cl2F2O3/c5-1(7)3(9)11-4(10)2(6)8/h1-2H. The van der Waals surface area contributed by atoms with Gasteiger partial charge in [0, 0.05) is 0 Å². The van der Waals surface area contributed by atoms with Gasteiger partial charge in [-0.25, -0.2) is 18.4 Å². The predicted octanol–water partition coefficient (Wildman–Crippen LogP) is 1.12. The Hall–Kier alpha value is -0.420. The SMILES string of the molecule is O=C(OC(=O)C(F)Cl)C(F)Cl. The molecular weight excluding hydrogens is 205 g/mol. The number of rotatable bonds is 2. The minimum Gasteiger partial charge on any atom is -0.387 e. The number of carbonyl (C=O) groups excluding carboxylic acids is 2. The fraction of sp³-hybridized carbons (Fsp3) is 0.500. The van der Waals surface area contributed by atoms with Gasteiger partial charge in [0.05, 0.1) is 0 Å². The van der Waals surface area contributed by atoms with Crippen LogP contribution < -0.4 is 0 Å². The van der Waals surface area contributed by atoms with Crippen molar-refractivity contribution >= 4 is 35.1 Å². The van der Waals surface area contributed by atoms with Gasteiger partial charge in [0.15, 0.2) is 0 Å². The minimum absolute atomic E-state index is 1.68. The Bertz CT molecular complexity index is 153. The van der Waals surface area contributed by atoms with Crippen LogP contribution in [-0.4, -0.2) is 23.2 Å². The molecule has 0 aromatic rings. The van der Waals surface area contributed by atoms with Gasteiger partial charge >= 0.3 is 11.9 Å². The van der Waals surface area contributed by atoms with Crippen molar-refractivity contribution in [3.05, 3.63) is 0 Å². The summed E-state index contributed by atoms with van der Waals surface area (Å²) >= 11 is 9.04.